The number of nitrogens with one attached hydrogen (secondary N) is 1. The van der Waals surface area contributed by atoms with Gasteiger partial charge in [0.25, 0.3) is 0 Å². The summed E-state index contributed by atoms with van der Waals surface area (Å²) in [5, 5.41) is 2.68. The zero-order valence-electron chi connectivity index (χ0n) is 11.8. The van der Waals surface area contributed by atoms with E-state index in [-0.39, 0.29) is 0 Å². The average molecular weight is 269 g/mol. The highest BCUT2D eigenvalue weighted by Crippen LogP contribution is 2.16. The maximum atomic E-state index is 11.7. The van der Waals surface area contributed by atoms with E-state index in [2.05, 4.69) is 19.2 Å². The van der Waals surface area contributed by atoms with E-state index in [1.807, 2.05) is 54.6 Å². The third kappa shape index (κ3) is 4.43. The van der Waals surface area contributed by atoms with Crippen LogP contribution in [0.4, 0.5) is 10.5 Å². The van der Waals surface area contributed by atoms with Crippen LogP contribution in [0.15, 0.2) is 54.6 Å². The Morgan fingerprint density at radius 3 is 2.30 bits per heavy atom. The van der Waals surface area contributed by atoms with Crippen LogP contribution >= 0.6 is 0 Å². The van der Waals surface area contributed by atoms with Crippen molar-refractivity contribution in [1.29, 1.82) is 0 Å². The smallest absolute Gasteiger partial charge is 0.410 e. The van der Waals surface area contributed by atoms with Gasteiger partial charge in [0.1, 0.15) is 5.75 Å². The summed E-state index contributed by atoms with van der Waals surface area (Å²) in [6.45, 7) is 4.36. The van der Waals surface area contributed by atoms with Crippen molar-refractivity contribution in [2.75, 3.05) is 5.32 Å². The SMILES string of the molecule is CC(C)Cc1ccc(OC(=O)Nc2ccccc2)cc1. The second-order valence-corrected chi connectivity index (χ2v) is 5.12. The summed E-state index contributed by atoms with van der Waals surface area (Å²) in [4.78, 5) is 11.7. The van der Waals surface area contributed by atoms with Gasteiger partial charge in [0.2, 0.25) is 0 Å². The molecule has 2 aromatic rings. The lowest BCUT2D eigenvalue weighted by molar-refractivity contribution is 0.215. The van der Waals surface area contributed by atoms with E-state index >= 15 is 0 Å². The summed E-state index contributed by atoms with van der Waals surface area (Å²) in [5.41, 5.74) is 1.96. The predicted octanol–water partition coefficient (Wildman–Crippen LogP) is 4.50. The lowest BCUT2D eigenvalue weighted by atomic mass is 10.0. The summed E-state index contributed by atoms with van der Waals surface area (Å²) in [6.07, 6.45) is 0.545. The summed E-state index contributed by atoms with van der Waals surface area (Å²) < 4.78 is 5.23. The molecule has 0 saturated carbocycles. The number of ether oxygens (including phenoxy) is 1. The first-order chi connectivity index (χ1) is 9.63. The van der Waals surface area contributed by atoms with Crippen LogP contribution in [0.3, 0.4) is 0 Å². The standard InChI is InChI=1S/C17H19NO2/c1-13(2)12-14-8-10-16(11-9-14)20-17(19)18-15-6-4-3-5-7-15/h3-11,13H,12H2,1-2H3,(H,18,19). The van der Waals surface area contributed by atoms with Crippen LogP contribution in [0.25, 0.3) is 0 Å². The lowest BCUT2D eigenvalue weighted by Crippen LogP contribution is -2.16. The summed E-state index contributed by atoms with van der Waals surface area (Å²) in [6, 6.07) is 16.9. The number of hydrogen-bond acceptors (Lipinski definition) is 2. The Balaban J connectivity index is 1.91. The molecule has 0 aliphatic heterocycles. The van der Waals surface area contributed by atoms with Crippen molar-refractivity contribution in [3.63, 3.8) is 0 Å². The molecule has 0 aliphatic rings. The summed E-state index contributed by atoms with van der Waals surface area (Å²) in [7, 11) is 0. The van der Waals surface area contributed by atoms with Gasteiger partial charge in [0.05, 0.1) is 0 Å². The molecule has 2 rings (SSSR count). The Morgan fingerprint density at radius 2 is 1.70 bits per heavy atom. The molecule has 0 fully saturated rings. The second kappa shape index (κ2) is 6.75. The van der Waals surface area contributed by atoms with E-state index in [0.29, 0.717) is 17.4 Å². The molecule has 104 valence electrons. The van der Waals surface area contributed by atoms with Crippen molar-refractivity contribution in [3.8, 4) is 5.75 Å². The van der Waals surface area contributed by atoms with Gasteiger partial charge in [-0.05, 0) is 42.2 Å². The molecule has 0 unspecified atom stereocenters. The molecule has 0 bridgehead atoms. The number of rotatable bonds is 4. The maximum absolute atomic E-state index is 11.7. The third-order valence-corrected chi connectivity index (χ3v) is 2.80. The number of hydrogen-bond donors (Lipinski definition) is 1. The minimum absolute atomic E-state index is 0.479. The van der Waals surface area contributed by atoms with Gasteiger partial charge < -0.3 is 4.74 Å². The molecule has 0 heterocycles. The molecule has 0 atom stereocenters. The predicted molar refractivity (Wildman–Crippen MR) is 81.1 cm³/mol. The van der Waals surface area contributed by atoms with Gasteiger partial charge in [-0.2, -0.15) is 0 Å². The average Bonchev–Trinajstić information content (AvgIpc) is 2.41. The highest BCUT2D eigenvalue weighted by atomic mass is 16.6. The fourth-order valence-corrected chi connectivity index (χ4v) is 1.94. The minimum Gasteiger partial charge on any atom is -0.410 e. The van der Waals surface area contributed by atoms with E-state index in [1.165, 1.54) is 5.56 Å². The molecular weight excluding hydrogens is 250 g/mol. The van der Waals surface area contributed by atoms with Crippen molar-refractivity contribution >= 4 is 11.8 Å². The molecule has 2 aromatic carbocycles. The molecule has 1 N–H and O–H groups in total. The quantitative estimate of drug-likeness (QED) is 0.887. The third-order valence-electron chi connectivity index (χ3n) is 2.80. The molecule has 0 aliphatic carbocycles. The molecular formula is C17H19NO2. The summed E-state index contributed by atoms with van der Waals surface area (Å²) in [5.74, 6) is 1.16. The monoisotopic (exact) mass is 269 g/mol. The van der Waals surface area contributed by atoms with Crippen LogP contribution in [-0.2, 0) is 6.42 Å². The van der Waals surface area contributed by atoms with Crippen molar-refractivity contribution in [2.24, 2.45) is 5.92 Å². The number of para-hydroxylation sites is 1. The van der Waals surface area contributed by atoms with Gasteiger partial charge in [0, 0.05) is 5.69 Å². The van der Waals surface area contributed by atoms with Crippen molar-refractivity contribution in [1.82, 2.24) is 0 Å². The highest BCUT2D eigenvalue weighted by Gasteiger charge is 2.05. The van der Waals surface area contributed by atoms with Gasteiger partial charge in [-0.15, -0.1) is 0 Å². The first-order valence-electron chi connectivity index (χ1n) is 6.76. The van der Waals surface area contributed by atoms with Crippen LogP contribution in [0.1, 0.15) is 19.4 Å². The van der Waals surface area contributed by atoms with Crippen LogP contribution in [-0.4, -0.2) is 6.09 Å². The first-order valence-corrected chi connectivity index (χ1v) is 6.76. The zero-order chi connectivity index (χ0) is 14.4. The van der Waals surface area contributed by atoms with Crippen LogP contribution in [0.5, 0.6) is 5.75 Å². The van der Waals surface area contributed by atoms with E-state index in [0.717, 1.165) is 6.42 Å². The number of carbonyl (C=O) groups excluding carboxylic acids is 1. The molecule has 3 heteroatoms. The van der Waals surface area contributed by atoms with E-state index in [1.54, 1.807) is 0 Å². The van der Waals surface area contributed by atoms with Crippen LogP contribution in [0.2, 0.25) is 0 Å². The Morgan fingerprint density at radius 1 is 1.05 bits per heavy atom. The van der Waals surface area contributed by atoms with Gasteiger partial charge in [-0.3, -0.25) is 5.32 Å². The van der Waals surface area contributed by atoms with Crippen molar-refractivity contribution < 1.29 is 9.53 Å². The largest absolute Gasteiger partial charge is 0.417 e. The number of amides is 1. The highest BCUT2D eigenvalue weighted by molar-refractivity contribution is 5.86. The number of benzene rings is 2. The van der Waals surface area contributed by atoms with Crippen molar-refractivity contribution in [2.45, 2.75) is 20.3 Å². The lowest BCUT2D eigenvalue weighted by Gasteiger charge is -2.08. The van der Waals surface area contributed by atoms with Gasteiger partial charge >= 0.3 is 6.09 Å². The summed E-state index contributed by atoms with van der Waals surface area (Å²) >= 11 is 0. The Bertz CT molecular complexity index is 547. The second-order valence-electron chi connectivity index (χ2n) is 5.12. The Kier molecular flexibility index (Phi) is 4.77. The molecule has 0 spiro atoms. The van der Waals surface area contributed by atoms with Gasteiger partial charge in [-0.1, -0.05) is 44.2 Å². The minimum atomic E-state index is -0.479. The molecule has 3 nitrogen and oxygen atoms in total. The molecule has 0 saturated heterocycles. The fraction of sp³-hybridized carbons (Fsp3) is 0.235. The topological polar surface area (TPSA) is 38.3 Å². The van der Waals surface area contributed by atoms with Gasteiger partial charge in [-0.25, -0.2) is 4.79 Å². The molecule has 1 amide bonds. The normalized spacial score (nSPS) is 10.3. The number of anilines is 1. The van der Waals surface area contributed by atoms with Crippen molar-refractivity contribution in [3.05, 3.63) is 60.2 Å². The zero-order valence-corrected chi connectivity index (χ0v) is 11.8. The van der Waals surface area contributed by atoms with E-state index in [4.69, 9.17) is 4.74 Å². The molecule has 0 aromatic heterocycles. The molecule has 20 heavy (non-hydrogen) atoms. The first kappa shape index (κ1) is 14.1. The maximum Gasteiger partial charge on any atom is 0.417 e. The van der Waals surface area contributed by atoms with Crippen LogP contribution in [0, 0.1) is 5.92 Å². The number of carbonyl (C=O) groups is 1. The molecule has 0 radical (unpaired) electrons. The van der Waals surface area contributed by atoms with E-state index in [9.17, 15) is 4.79 Å². The Labute approximate surface area is 119 Å². The van der Waals surface area contributed by atoms with Gasteiger partial charge in [0.15, 0.2) is 0 Å². The van der Waals surface area contributed by atoms with E-state index < -0.39 is 6.09 Å². The fourth-order valence-electron chi connectivity index (χ4n) is 1.94. The Hall–Kier alpha value is -2.29. The van der Waals surface area contributed by atoms with Crippen LogP contribution < -0.4 is 10.1 Å².